The van der Waals surface area contributed by atoms with Crippen molar-refractivity contribution in [1.29, 1.82) is 0 Å². The number of hydrogen-bond acceptors (Lipinski definition) is 4. The molecule has 7 heteroatoms. The largest absolute Gasteiger partial charge is 0.352 e. The summed E-state index contributed by atoms with van der Waals surface area (Å²) in [6.45, 7) is 4.39. The van der Waals surface area contributed by atoms with Crippen molar-refractivity contribution in [2.24, 2.45) is 5.92 Å². The number of hydrogen-bond donors (Lipinski definition) is 2. The van der Waals surface area contributed by atoms with Gasteiger partial charge in [-0.1, -0.05) is 18.9 Å². The Balaban J connectivity index is 1.46. The number of carbonyl (C=O) groups is 1. The zero-order valence-electron chi connectivity index (χ0n) is 16.0. The number of likely N-dealkylation sites (tertiary alicyclic amines) is 1. The maximum atomic E-state index is 12.4. The van der Waals surface area contributed by atoms with Gasteiger partial charge >= 0.3 is 0 Å². The minimum Gasteiger partial charge on any atom is -0.352 e. The van der Waals surface area contributed by atoms with E-state index < -0.39 is 10.0 Å². The van der Waals surface area contributed by atoms with Crippen molar-refractivity contribution in [2.75, 3.05) is 32.7 Å². The number of carbonyl (C=O) groups excluding carboxylic acids is 1. The van der Waals surface area contributed by atoms with E-state index in [9.17, 15) is 13.2 Å². The summed E-state index contributed by atoms with van der Waals surface area (Å²) < 4.78 is 27.3. The van der Waals surface area contributed by atoms with Gasteiger partial charge in [-0.25, -0.2) is 13.1 Å². The molecule has 1 aromatic rings. The summed E-state index contributed by atoms with van der Waals surface area (Å²) in [6.07, 6.45) is 8.26. The van der Waals surface area contributed by atoms with Gasteiger partial charge in [-0.05, 0) is 75.9 Å². The smallest absolute Gasteiger partial charge is 0.251 e. The van der Waals surface area contributed by atoms with Crippen molar-refractivity contribution in [2.45, 2.75) is 49.8 Å². The van der Waals surface area contributed by atoms with E-state index in [0.717, 1.165) is 38.9 Å². The topological polar surface area (TPSA) is 78.5 Å². The van der Waals surface area contributed by atoms with E-state index in [2.05, 4.69) is 14.9 Å². The lowest BCUT2D eigenvalue weighted by Gasteiger charge is -2.19. The quantitative estimate of drug-likeness (QED) is 0.632. The van der Waals surface area contributed by atoms with Crippen LogP contribution in [0.25, 0.3) is 0 Å². The van der Waals surface area contributed by atoms with E-state index in [1.807, 2.05) is 0 Å². The van der Waals surface area contributed by atoms with Crippen LogP contribution in [-0.2, 0) is 10.0 Å². The monoisotopic (exact) mass is 393 g/mol. The molecule has 1 aliphatic heterocycles. The SMILES string of the molecule is O=C(NCCCN1CCCCCC1)c1cccc(S(=O)(=O)NCC2CC2)c1. The van der Waals surface area contributed by atoms with Crippen LogP contribution in [0.4, 0.5) is 0 Å². The molecule has 2 aliphatic rings. The molecular formula is C20H31N3O3S. The lowest BCUT2D eigenvalue weighted by atomic mass is 10.2. The zero-order valence-corrected chi connectivity index (χ0v) is 16.8. The highest BCUT2D eigenvalue weighted by Crippen LogP contribution is 2.28. The minimum absolute atomic E-state index is 0.153. The third-order valence-corrected chi connectivity index (χ3v) is 6.72. The normalized spacial score (nSPS) is 18.8. The van der Waals surface area contributed by atoms with Crippen LogP contribution in [0.15, 0.2) is 29.2 Å². The average molecular weight is 394 g/mol. The first kappa shape index (κ1) is 20.3. The van der Waals surface area contributed by atoms with Crippen LogP contribution >= 0.6 is 0 Å². The summed E-state index contributed by atoms with van der Waals surface area (Å²) in [5.41, 5.74) is 0.388. The molecule has 0 aromatic heterocycles. The van der Waals surface area contributed by atoms with Crippen LogP contribution in [0.2, 0.25) is 0 Å². The standard InChI is InChI=1S/C20H31N3O3S/c24-20(21-11-6-14-23-12-3-1-2-4-13-23)18-7-5-8-19(15-18)27(25,26)22-16-17-9-10-17/h5,7-8,15,17,22H,1-4,6,9-14,16H2,(H,21,24). The predicted molar refractivity (Wildman–Crippen MR) is 106 cm³/mol. The second-order valence-corrected chi connectivity index (χ2v) is 9.46. The first-order valence-electron chi connectivity index (χ1n) is 10.1. The highest BCUT2D eigenvalue weighted by atomic mass is 32.2. The van der Waals surface area contributed by atoms with Gasteiger partial charge in [0.25, 0.3) is 5.91 Å². The molecule has 1 amide bonds. The van der Waals surface area contributed by atoms with Crippen molar-refractivity contribution in [1.82, 2.24) is 14.9 Å². The van der Waals surface area contributed by atoms with Gasteiger partial charge in [0.15, 0.2) is 0 Å². The van der Waals surface area contributed by atoms with E-state index in [1.54, 1.807) is 12.1 Å². The van der Waals surface area contributed by atoms with Crippen LogP contribution in [0.1, 0.15) is 55.3 Å². The van der Waals surface area contributed by atoms with E-state index in [4.69, 9.17) is 0 Å². The van der Waals surface area contributed by atoms with E-state index in [-0.39, 0.29) is 10.8 Å². The summed E-state index contributed by atoms with van der Waals surface area (Å²) in [5, 5.41) is 2.91. The Kier molecular flexibility index (Phi) is 7.26. The molecule has 0 unspecified atom stereocenters. The van der Waals surface area contributed by atoms with E-state index in [1.165, 1.54) is 37.8 Å². The average Bonchev–Trinajstić information content (AvgIpc) is 3.51. The van der Waals surface area contributed by atoms with Gasteiger partial charge in [-0.2, -0.15) is 0 Å². The molecule has 1 heterocycles. The van der Waals surface area contributed by atoms with Crippen molar-refractivity contribution in [3.8, 4) is 0 Å². The molecule has 6 nitrogen and oxygen atoms in total. The molecule has 1 saturated heterocycles. The Bertz CT molecular complexity index is 724. The van der Waals surface area contributed by atoms with Gasteiger partial charge in [0, 0.05) is 18.7 Å². The maximum Gasteiger partial charge on any atom is 0.251 e. The molecule has 1 aromatic carbocycles. The van der Waals surface area contributed by atoms with Crippen LogP contribution in [0, 0.1) is 5.92 Å². The van der Waals surface area contributed by atoms with Crippen LogP contribution in [-0.4, -0.2) is 51.9 Å². The number of nitrogens with zero attached hydrogens (tertiary/aromatic N) is 1. The summed E-state index contributed by atoms with van der Waals surface area (Å²) in [4.78, 5) is 15.0. The molecule has 150 valence electrons. The molecule has 3 rings (SSSR count). The molecule has 1 aliphatic carbocycles. The lowest BCUT2D eigenvalue weighted by molar-refractivity contribution is 0.0951. The second-order valence-electron chi connectivity index (χ2n) is 7.69. The van der Waals surface area contributed by atoms with Crippen molar-refractivity contribution in [3.05, 3.63) is 29.8 Å². The van der Waals surface area contributed by atoms with Gasteiger partial charge in [-0.15, -0.1) is 0 Å². The van der Waals surface area contributed by atoms with Gasteiger partial charge < -0.3 is 10.2 Å². The van der Waals surface area contributed by atoms with Crippen LogP contribution < -0.4 is 10.0 Å². The fourth-order valence-electron chi connectivity index (χ4n) is 3.40. The molecule has 2 fully saturated rings. The number of nitrogens with one attached hydrogen (secondary N) is 2. The summed E-state index contributed by atoms with van der Waals surface area (Å²) >= 11 is 0. The fraction of sp³-hybridized carbons (Fsp3) is 0.650. The summed E-state index contributed by atoms with van der Waals surface area (Å²) in [7, 11) is -3.55. The number of amides is 1. The zero-order chi connectivity index (χ0) is 19.1. The van der Waals surface area contributed by atoms with Gasteiger partial charge in [-0.3, -0.25) is 4.79 Å². The summed E-state index contributed by atoms with van der Waals surface area (Å²) in [6, 6.07) is 6.27. The Morgan fingerprint density at radius 3 is 2.56 bits per heavy atom. The maximum absolute atomic E-state index is 12.4. The van der Waals surface area contributed by atoms with Crippen LogP contribution in [0.5, 0.6) is 0 Å². The second kappa shape index (κ2) is 9.66. The van der Waals surface area contributed by atoms with E-state index >= 15 is 0 Å². The molecule has 0 atom stereocenters. The third kappa shape index (κ3) is 6.59. The van der Waals surface area contributed by atoms with E-state index in [0.29, 0.717) is 24.6 Å². The molecule has 27 heavy (non-hydrogen) atoms. The third-order valence-electron chi connectivity index (χ3n) is 5.30. The molecule has 0 bridgehead atoms. The van der Waals surface area contributed by atoms with Gasteiger partial charge in [0.05, 0.1) is 4.90 Å². The Morgan fingerprint density at radius 1 is 1.11 bits per heavy atom. The molecule has 2 N–H and O–H groups in total. The molecular weight excluding hydrogens is 362 g/mol. The highest BCUT2D eigenvalue weighted by Gasteiger charge is 2.24. The number of sulfonamides is 1. The van der Waals surface area contributed by atoms with Gasteiger partial charge in [0.2, 0.25) is 10.0 Å². The Hall–Kier alpha value is -1.44. The highest BCUT2D eigenvalue weighted by molar-refractivity contribution is 7.89. The number of rotatable bonds is 9. The Morgan fingerprint density at radius 2 is 1.85 bits per heavy atom. The van der Waals surface area contributed by atoms with Crippen molar-refractivity contribution < 1.29 is 13.2 Å². The first-order chi connectivity index (χ1) is 13.0. The van der Waals surface area contributed by atoms with Gasteiger partial charge in [0.1, 0.15) is 0 Å². The molecule has 1 saturated carbocycles. The number of benzene rings is 1. The Labute approximate surface area is 162 Å². The molecule has 0 radical (unpaired) electrons. The first-order valence-corrected chi connectivity index (χ1v) is 11.6. The predicted octanol–water partition coefficient (Wildman–Crippen LogP) is 2.37. The lowest BCUT2D eigenvalue weighted by Crippen LogP contribution is -2.31. The van der Waals surface area contributed by atoms with Crippen LogP contribution in [0.3, 0.4) is 0 Å². The molecule has 0 spiro atoms. The summed E-state index contributed by atoms with van der Waals surface area (Å²) in [5.74, 6) is 0.251. The van der Waals surface area contributed by atoms with Crippen molar-refractivity contribution >= 4 is 15.9 Å². The fourth-order valence-corrected chi connectivity index (χ4v) is 4.57. The van der Waals surface area contributed by atoms with Crippen molar-refractivity contribution in [3.63, 3.8) is 0 Å². The minimum atomic E-state index is -3.55.